The molecule has 0 aliphatic rings. The van der Waals surface area contributed by atoms with Gasteiger partial charge in [-0.3, -0.25) is 9.36 Å². The van der Waals surface area contributed by atoms with Gasteiger partial charge >= 0.3 is 5.97 Å². The third kappa shape index (κ3) is 4.34. The summed E-state index contributed by atoms with van der Waals surface area (Å²) in [6, 6.07) is 6.66. The molecule has 34 heavy (non-hydrogen) atoms. The number of ether oxygens (including phenoxy) is 1. The molecule has 10 heteroatoms. The predicted molar refractivity (Wildman–Crippen MR) is 130 cm³/mol. The third-order valence-corrected chi connectivity index (χ3v) is 5.62. The van der Waals surface area contributed by atoms with E-state index < -0.39 is 5.97 Å². The Morgan fingerprint density at radius 1 is 1.12 bits per heavy atom. The maximum atomic E-state index is 13.3. The van der Waals surface area contributed by atoms with Crippen LogP contribution in [0.3, 0.4) is 0 Å². The Bertz CT molecular complexity index is 1470. The highest BCUT2D eigenvalue weighted by Gasteiger charge is 2.21. The van der Waals surface area contributed by atoms with Crippen molar-refractivity contribution >= 4 is 34.2 Å². The third-order valence-electron chi connectivity index (χ3n) is 5.41. The molecule has 0 unspecified atom stereocenters. The molecule has 174 valence electrons. The highest BCUT2D eigenvalue weighted by Crippen LogP contribution is 2.29. The molecule has 0 bridgehead atoms. The molecule has 3 aromatic heterocycles. The second kappa shape index (κ2) is 9.18. The first kappa shape index (κ1) is 23.3. The fourth-order valence-corrected chi connectivity index (χ4v) is 3.85. The van der Waals surface area contributed by atoms with Gasteiger partial charge in [0.25, 0.3) is 5.56 Å². The molecule has 1 atom stereocenters. The lowest BCUT2D eigenvalue weighted by atomic mass is 10.0. The molecule has 0 spiro atoms. The molecule has 4 aromatic rings. The quantitative estimate of drug-likeness (QED) is 0.338. The number of nitrogens with one attached hydrogen (secondary N) is 1. The summed E-state index contributed by atoms with van der Waals surface area (Å²) in [7, 11) is 2.93. The summed E-state index contributed by atoms with van der Waals surface area (Å²) >= 11 is 5.98. The van der Waals surface area contributed by atoms with Gasteiger partial charge in [0.2, 0.25) is 0 Å². The topological polar surface area (TPSA) is 112 Å². The maximum absolute atomic E-state index is 13.3. The van der Waals surface area contributed by atoms with E-state index in [1.807, 2.05) is 32.9 Å². The van der Waals surface area contributed by atoms with Crippen LogP contribution < -0.4 is 10.9 Å². The second-order valence-corrected chi connectivity index (χ2v) is 8.41. The van der Waals surface area contributed by atoms with E-state index in [9.17, 15) is 9.59 Å². The van der Waals surface area contributed by atoms with Crippen LogP contribution in [0.5, 0.6) is 0 Å². The van der Waals surface area contributed by atoms with Crippen LogP contribution in [0.25, 0.3) is 22.6 Å². The first-order valence-electron chi connectivity index (χ1n) is 10.5. The second-order valence-electron chi connectivity index (χ2n) is 8.02. The minimum Gasteiger partial charge on any atom is -0.464 e. The van der Waals surface area contributed by atoms with E-state index in [1.165, 1.54) is 11.7 Å². The zero-order chi connectivity index (χ0) is 24.6. The number of esters is 1. The van der Waals surface area contributed by atoms with Gasteiger partial charge in [0.1, 0.15) is 5.15 Å². The van der Waals surface area contributed by atoms with Crippen molar-refractivity contribution < 1.29 is 9.53 Å². The van der Waals surface area contributed by atoms with E-state index in [0.29, 0.717) is 28.2 Å². The van der Waals surface area contributed by atoms with Crippen LogP contribution in [0.4, 0.5) is 5.69 Å². The van der Waals surface area contributed by atoms with E-state index in [2.05, 4.69) is 20.3 Å². The number of nitrogens with zero attached hydrogens (tertiary/aromatic N) is 5. The van der Waals surface area contributed by atoms with Gasteiger partial charge in [-0.25, -0.2) is 24.7 Å². The van der Waals surface area contributed by atoms with Crippen molar-refractivity contribution in [3.05, 3.63) is 74.6 Å². The Balaban J connectivity index is 1.87. The average Bonchev–Trinajstić information content (AvgIpc) is 2.82. The number of anilines is 1. The molecular formula is C24H23ClN6O3. The van der Waals surface area contributed by atoms with Crippen molar-refractivity contribution in [3.63, 3.8) is 0 Å². The Hall–Kier alpha value is -3.85. The largest absolute Gasteiger partial charge is 0.464 e. The molecule has 0 saturated heterocycles. The number of aryl methyl sites for hydroxylation is 2. The Labute approximate surface area is 200 Å². The Kier molecular flexibility index (Phi) is 6.30. The van der Waals surface area contributed by atoms with Gasteiger partial charge in [-0.15, -0.1) is 0 Å². The van der Waals surface area contributed by atoms with E-state index in [4.69, 9.17) is 21.3 Å². The van der Waals surface area contributed by atoms with Crippen molar-refractivity contribution in [2.24, 2.45) is 7.05 Å². The van der Waals surface area contributed by atoms with Crippen molar-refractivity contribution in [2.45, 2.75) is 26.8 Å². The van der Waals surface area contributed by atoms with Gasteiger partial charge in [-0.2, -0.15) is 0 Å². The van der Waals surface area contributed by atoms with E-state index in [-0.39, 0.29) is 22.4 Å². The van der Waals surface area contributed by atoms with E-state index in [1.54, 1.807) is 31.6 Å². The molecule has 0 aliphatic heterocycles. The summed E-state index contributed by atoms with van der Waals surface area (Å²) in [5.41, 5.74) is 3.41. The molecule has 9 nitrogen and oxygen atoms in total. The van der Waals surface area contributed by atoms with Crippen molar-refractivity contribution in [1.29, 1.82) is 0 Å². The first-order valence-corrected chi connectivity index (χ1v) is 10.9. The molecule has 0 fully saturated rings. The standard InChI is InChI=1S/C24H23ClN6O3/c1-12-8-15(14(3)28-17-6-7-18(25)29-20(17)24(33)34-5)19-16(9-12)23(32)31(4)22(30-19)21-26-10-13(2)11-27-21/h6-11,14,28H,1-5H3/t14-/m1/s1. The summed E-state index contributed by atoms with van der Waals surface area (Å²) in [6.45, 7) is 5.71. The monoisotopic (exact) mass is 478 g/mol. The van der Waals surface area contributed by atoms with Crippen molar-refractivity contribution in [2.75, 3.05) is 12.4 Å². The Morgan fingerprint density at radius 2 is 1.82 bits per heavy atom. The van der Waals surface area contributed by atoms with E-state index >= 15 is 0 Å². The number of fused-ring (bicyclic) bond motifs is 1. The highest BCUT2D eigenvalue weighted by molar-refractivity contribution is 6.29. The summed E-state index contributed by atoms with van der Waals surface area (Å²) in [5.74, 6) is 0.101. The summed E-state index contributed by atoms with van der Waals surface area (Å²) in [4.78, 5) is 43.1. The van der Waals surface area contributed by atoms with Gasteiger partial charge in [-0.1, -0.05) is 17.7 Å². The molecule has 4 rings (SSSR count). The number of hydrogen-bond acceptors (Lipinski definition) is 8. The van der Waals surface area contributed by atoms with Gasteiger partial charge < -0.3 is 10.1 Å². The van der Waals surface area contributed by atoms with Crippen molar-refractivity contribution in [1.82, 2.24) is 24.5 Å². The number of carbonyl (C=O) groups excluding carboxylic acids is 1. The highest BCUT2D eigenvalue weighted by atomic mass is 35.5. The first-order chi connectivity index (χ1) is 16.2. The van der Waals surface area contributed by atoms with Crippen LogP contribution >= 0.6 is 11.6 Å². The van der Waals surface area contributed by atoms with Gasteiger partial charge in [0.15, 0.2) is 17.3 Å². The molecule has 0 aliphatic carbocycles. The number of carbonyl (C=O) groups is 1. The molecule has 3 heterocycles. The van der Waals surface area contributed by atoms with Crippen LogP contribution in [0.15, 0.2) is 41.5 Å². The molecular weight excluding hydrogens is 456 g/mol. The normalized spacial score (nSPS) is 11.9. The minimum absolute atomic E-state index is 0.0661. The smallest absolute Gasteiger partial charge is 0.358 e. The predicted octanol–water partition coefficient (Wildman–Crippen LogP) is 4.02. The number of methoxy groups -OCH3 is 1. The summed E-state index contributed by atoms with van der Waals surface area (Å²) in [5, 5.41) is 3.94. The summed E-state index contributed by atoms with van der Waals surface area (Å²) < 4.78 is 6.29. The zero-order valence-electron chi connectivity index (χ0n) is 19.4. The summed E-state index contributed by atoms with van der Waals surface area (Å²) in [6.07, 6.45) is 3.36. The van der Waals surface area contributed by atoms with Crippen LogP contribution in [-0.2, 0) is 11.8 Å². The lowest BCUT2D eigenvalue weighted by Crippen LogP contribution is -2.22. The van der Waals surface area contributed by atoms with Crippen LogP contribution in [0.2, 0.25) is 5.15 Å². The van der Waals surface area contributed by atoms with Gasteiger partial charge in [-0.05, 0) is 50.1 Å². The fraction of sp³-hybridized carbons (Fsp3) is 0.250. The number of pyridine rings is 1. The van der Waals surface area contributed by atoms with Crippen LogP contribution in [-0.4, -0.2) is 37.6 Å². The maximum Gasteiger partial charge on any atom is 0.358 e. The average molecular weight is 479 g/mol. The van der Waals surface area contributed by atoms with E-state index in [0.717, 1.165) is 16.7 Å². The van der Waals surface area contributed by atoms with Gasteiger partial charge in [0, 0.05) is 25.0 Å². The van der Waals surface area contributed by atoms with Crippen LogP contribution in [0, 0.1) is 13.8 Å². The number of aromatic nitrogens is 5. The zero-order valence-corrected chi connectivity index (χ0v) is 20.1. The Morgan fingerprint density at radius 3 is 2.50 bits per heavy atom. The molecule has 0 radical (unpaired) electrons. The molecule has 1 aromatic carbocycles. The van der Waals surface area contributed by atoms with Crippen LogP contribution in [0.1, 0.15) is 40.1 Å². The minimum atomic E-state index is -0.614. The number of halogens is 1. The molecule has 0 amide bonds. The number of benzene rings is 1. The fourth-order valence-electron chi connectivity index (χ4n) is 3.71. The molecule has 0 saturated carbocycles. The van der Waals surface area contributed by atoms with Gasteiger partial charge in [0.05, 0.1) is 29.7 Å². The molecule has 1 N–H and O–H groups in total. The number of rotatable bonds is 5. The van der Waals surface area contributed by atoms with Crippen molar-refractivity contribution in [3.8, 4) is 11.6 Å². The SMILES string of the molecule is COC(=O)c1nc(Cl)ccc1N[C@H](C)c1cc(C)cc2c(=O)n(C)c(-c3ncc(C)cn3)nc12. The lowest BCUT2D eigenvalue weighted by molar-refractivity contribution is 0.0595. The lowest BCUT2D eigenvalue weighted by Gasteiger charge is -2.20. The number of hydrogen-bond donors (Lipinski definition) is 1.